The highest BCUT2D eigenvalue weighted by Crippen LogP contribution is 2.28. The number of methoxy groups -OCH3 is 1. The molecule has 0 bridgehead atoms. The summed E-state index contributed by atoms with van der Waals surface area (Å²) in [7, 11) is 1.69. The van der Waals surface area contributed by atoms with E-state index in [1.807, 2.05) is 12.1 Å². The Bertz CT molecular complexity index is 602. The fourth-order valence-electron chi connectivity index (χ4n) is 3.51. The number of benzene rings is 1. The minimum absolute atomic E-state index is 0. The van der Waals surface area contributed by atoms with Gasteiger partial charge in [-0.15, -0.1) is 24.0 Å². The molecule has 1 saturated carbocycles. The van der Waals surface area contributed by atoms with E-state index in [1.54, 1.807) is 7.11 Å². The molecule has 0 aliphatic heterocycles. The summed E-state index contributed by atoms with van der Waals surface area (Å²) in [6.45, 7) is 11.6. The molecule has 29 heavy (non-hydrogen) atoms. The third-order valence-corrected chi connectivity index (χ3v) is 5.25. The standard InChI is InChI=1S/C22H38N4O2.HI/c1-5-23-22(25-19-10-8-9-11-19)24-17-18-12-13-20(21(16-18)27-4)28-15-14-26(6-2)7-3;/h12-13,16,19H,5-11,14-15,17H2,1-4H3,(H2,23,24,25);1H. The minimum atomic E-state index is 0. The van der Waals surface area contributed by atoms with Crippen molar-refractivity contribution in [3.63, 3.8) is 0 Å². The van der Waals surface area contributed by atoms with Crippen LogP contribution in [0.15, 0.2) is 23.2 Å². The average molecular weight is 518 g/mol. The van der Waals surface area contributed by atoms with Crippen LogP contribution in [-0.4, -0.2) is 56.8 Å². The molecule has 7 heteroatoms. The van der Waals surface area contributed by atoms with E-state index in [4.69, 9.17) is 14.5 Å². The first-order valence-electron chi connectivity index (χ1n) is 10.8. The predicted molar refractivity (Wildman–Crippen MR) is 132 cm³/mol. The second-order valence-electron chi connectivity index (χ2n) is 7.18. The summed E-state index contributed by atoms with van der Waals surface area (Å²) < 4.78 is 11.5. The van der Waals surface area contributed by atoms with Crippen molar-refractivity contribution in [3.8, 4) is 11.5 Å². The molecule has 1 aromatic rings. The van der Waals surface area contributed by atoms with Gasteiger partial charge in [0.25, 0.3) is 0 Å². The smallest absolute Gasteiger partial charge is 0.191 e. The van der Waals surface area contributed by atoms with Crippen LogP contribution < -0.4 is 20.1 Å². The van der Waals surface area contributed by atoms with Crippen LogP contribution in [0.4, 0.5) is 0 Å². The van der Waals surface area contributed by atoms with E-state index < -0.39 is 0 Å². The summed E-state index contributed by atoms with van der Waals surface area (Å²) in [5.74, 6) is 2.45. The zero-order chi connectivity index (χ0) is 20.2. The van der Waals surface area contributed by atoms with E-state index in [0.29, 0.717) is 19.2 Å². The van der Waals surface area contributed by atoms with Gasteiger partial charge in [0.2, 0.25) is 0 Å². The van der Waals surface area contributed by atoms with Crippen molar-refractivity contribution in [1.82, 2.24) is 15.5 Å². The molecule has 0 amide bonds. The molecule has 1 aliphatic rings. The zero-order valence-corrected chi connectivity index (χ0v) is 20.8. The van der Waals surface area contributed by atoms with Gasteiger partial charge in [0.05, 0.1) is 13.7 Å². The Hall–Kier alpha value is -1.22. The lowest BCUT2D eigenvalue weighted by Crippen LogP contribution is -2.42. The highest BCUT2D eigenvalue weighted by Gasteiger charge is 2.16. The van der Waals surface area contributed by atoms with Crippen LogP contribution in [0.5, 0.6) is 11.5 Å². The molecule has 1 aliphatic carbocycles. The van der Waals surface area contributed by atoms with E-state index in [9.17, 15) is 0 Å². The molecule has 0 saturated heterocycles. The number of likely N-dealkylation sites (N-methyl/N-ethyl adjacent to an activating group) is 1. The monoisotopic (exact) mass is 518 g/mol. The molecule has 1 aromatic carbocycles. The molecular formula is C22H39IN4O2. The molecule has 1 fully saturated rings. The molecule has 0 atom stereocenters. The largest absolute Gasteiger partial charge is 0.493 e. The van der Waals surface area contributed by atoms with Gasteiger partial charge in [-0.2, -0.15) is 0 Å². The van der Waals surface area contributed by atoms with Crippen molar-refractivity contribution in [3.05, 3.63) is 23.8 Å². The maximum absolute atomic E-state index is 5.94. The molecule has 166 valence electrons. The lowest BCUT2D eigenvalue weighted by Gasteiger charge is -2.19. The summed E-state index contributed by atoms with van der Waals surface area (Å²) in [6, 6.07) is 6.63. The molecule has 0 unspecified atom stereocenters. The van der Waals surface area contributed by atoms with Crippen molar-refractivity contribution in [1.29, 1.82) is 0 Å². The number of hydrogen-bond acceptors (Lipinski definition) is 4. The van der Waals surface area contributed by atoms with Crippen molar-refractivity contribution >= 4 is 29.9 Å². The fraction of sp³-hybridized carbons (Fsp3) is 0.682. The number of hydrogen-bond donors (Lipinski definition) is 2. The van der Waals surface area contributed by atoms with Crippen LogP contribution in [0.1, 0.15) is 52.0 Å². The van der Waals surface area contributed by atoms with Gasteiger partial charge in [-0.25, -0.2) is 4.99 Å². The molecule has 0 spiro atoms. The van der Waals surface area contributed by atoms with E-state index >= 15 is 0 Å². The van der Waals surface area contributed by atoms with Gasteiger partial charge < -0.3 is 25.0 Å². The van der Waals surface area contributed by atoms with Gasteiger partial charge >= 0.3 is 0 Å². The first-order valence-corrected chi connectivity index (χ1v) is 10.8. The Balaban J connectivity index is 0.00000420. The minimum Gasteiger partial charge on any atom is -0.493 e. The molecule has 2 rings (SSSR count). The summed E-state index contributed by atoms with van der Waals surface area (Å²) in [6.07, 6.45) is 5.09. The van der Waals surface area contributed by atoms with Crippen molar-refractivity contribution < 1.29 is 9.47 Å². The quantitative estimate of drug-likeness (QED) is 0.263. The first kappa shape index (κ1) is 25.8. The van der Waals surface area contributed by atoms with E-state index in [1.165, 1.54) is 25.7 Å². The van der Waals surface area contributed by atoms with Crippen LogP contribution in [0.2, 0.25) is 0 Å². The van der Waals surface area contributed by atoms with E-state index in [-0.39, 0.29) is 24.0 Å². The molecular weight excluding hydrogens is 479 g/mol. The van der Waals surface area contributed by atoms with Gasteiger partial charge in [-0.3, -0.25) is 0 Å². The molecule has 6 nitrogen and oxygen atoms in total. The van der Waals surface area contributed by atoms with Gasteiger partial charge in [-0.05, 0) is 50.6 Å². The second-order valence-corrected chi connectivity index (χ2v) is 7.18. The highest BCUT2D eigenvalue weighted by atomic mass is 127. The van der Waals surface area contributed by atoms with Gasteiger partial charge in [0, 0.05) is 19.1 Å². The van der Waals surface area contributed by atoms with E-state index in [2.05, 4.69) is 42.4 Å². The fourth-order valence-corrected chi connectivity index (χ4v) is 3.51. The van der Waals surface area contributed by atoms with Crippen LogP contribution in [0.25, 0.3) is 0 Å². The number of halogens is 1. The zero-order valence-electron chi connectivity index (χ0n) is 18.5. The summed E-state index contributed by atoms with van der Waals surface area (Å²) in [5.41, 5.74) is 1.11. The van der Waals surface area contributed by atoms with Crippen LogP contribution in [0.3, 0.4) is 0 Å². The maximum atomic E-state index is 5.94. The first-order chi connectivity index (χ1) is 13.7. The molecule has 0 radical (unpaired) electrons. The third-order valence-electron chi connectivity index (χ3n) is 5.25. The van der Waals surface area contributed by atoms with Gasteiger partial charge in [-0.1, -0.05) is 32.8 Å². The average Bonchev–Trinajstić information content (AvgIpc) is 3.23. The summed E-state index contributed by atoms with van der Waals surface area (Å²) in [5, 5.41) is 6.90. The van der Waals surface area contributed by atoms with Gasteiger partial charge in [0.15, 0.2) is 17.5 Å². The predicted octanol–water partition coefficient (Wildman–Crippen LogP) is 4.03. The lowest BCUT2D eigenvalue weighted by atomic mass is 10.2. The Labute approximate surface area is 193 Å². The topological polar surface area (TPSA) is 58.1 Å². The Morgan fingerprint density at radius 3 is 2.48 bits per heavy atom. The second kappa shape index (κ2) is 14.7. The molecule has 0 heterocycles. The van der Waals surface area contributed by atoms with Crippen LogP contribution in [-0.2, 0) is 6.54 Å². The normalized spacial score (nSPS) is 14.6. The Morgan fingerprint density at radius 2 is 1.86 bits per heavy atom. The summed E-state index contributed by atoms with van der Waals surface area (Å²) >= 11 is 0. The summed E-state index contributed by atoms with van der Waals surface area (Å²) in [4.78, 5) is 7.09. The number of rotatable bonds is 11. The van der Waals surface area contributed by atoms with Gasteiger partial charge in [0.1, 0.15) is 6.61 Å². The van der Waals surface area contributed by atoms with E-state index in [0.717, 1.165) is 49.2 Å². The molecule has 2 N–H and O–H groups in total. The molecule has 0 aromatic heterocycles. The third kappa shape index (κ3) is 8.99. The highest BCUT2D eigenvalue weighted by molar-refractivity contribution is 14.0. The number of nitrogens with zero attached hydrogens (tertiary/aromatic N) is 2. The number of aliphatic imine (C=N–C) groups is 1. The van der Waals surface area contributed by atoms with Crippen LogP contribution >= 0.6 is 24.0 Å². The number of nitrogens with one attached hydrogen (secondary N) is 2. The SMILES string of the molecule is CCNC(=NCc1ccc(OCCN(CC)CC)c(OC)c1)NC1CCCC1.I. The van der Waals surface area contributed by atoms with Crippen LogP contribution in [0, 0.1) is 0 Å². The maximum Gasteiger partial charge on any atom is 0.191 e. The van der Waals surface area contributed by atoms with Crippen molar-refractivity contribution in [2.75, 3.05) is 39.9 Å². The van der Waals surface area contributed by atoms with Crippen molar-refractivity contribution in [2.24, 2.45) is 4.99 Å². The van der Waals surface area contributed by atoms with Crippen molar-refractivity contribution in [2.45, 2.75) is 59.0 Å². The Kier molecular flexibility index (Phi) is 13.1. The lowest BCUT2D eigenvalue weighted by molar-refractivity contribution is 0.217. The Morgan fingerprint density at radius 1 is 1.14 bits per heavy atom. The number of ether oxygens (including phenoxy) is 2. The number of guanidine groups is 1.